The molecule has 0 saturated carbocycles. The number of carboxylic acid groups (broad SMARTS) is 1. The zero-order valence-electron chi connectivity index (χ0n) is 24.9. The second kappa shape index (κ2) is 11.5. The number of thiazole rings is 1. The van der Waals surface area contributed by atoms with Crippen molar-refractivity contribution in [1.82, 2.24) is 14.3 Å². The number of benzene rings is 1. The van der Waals surface area contributed by atoms with E-state index in [2.05, 4.69) is 36.1 Å². The topological polar surface area (TPSA) is 129 Å². The fraction of sp³-hybridized carbons (Fsp3) is 0.552. The van der Waals surface area contributed by atoms with E-state index in [0.717, 1.165) is 33.5 Å². The molecule has 2 aliphatic heterocycles. The Balaban J connectivity index is 1.23. The van der Waals surface area contributed by atoms with Gasteiger partial charge in [-0.15, -0.1) is 11.8 Å². The summed E-state index contributed by atoms with van der Waals surface area (Å²) in [6.45, 7) is 13.0. The highest BCUT2D eigenvalue weighted by molar-refractivity contribution is 8.00. The molecule has 0 radical (unpaired) electrons. The molecule has 3 aromatic rings. The highest BCUT2D eigenvalue weighted by Crippen LogP contribution is 2.41. The van der Waals surface area contributed by atoms with Gasteiger partial charge in [0, 0.05) is 30.6 Å². The number of piperidine rings is 1. The molecule has 0 bridgehead atoms. The van der Waals surface area contributed by atoms with E-state index in [1.54, 1.807) is 30.1 Å². The number of aromatic nitrogens is 2. The number of oxazole rings is 1. The summed E-state index contributed by atoms with van der Waals surface area (Å²) in [5.74, 6) is 2.14. The van der Waals surface area contributed by atoms with Crippen molar-refractivity contribution in [3.05, 3.63) is 47.8 Å². The molecule has 1 aromatic carbocycles. The molecule has 0 aliphatic carbocycles. The average molecular weight is 634 g/mol. The lowest BCUT2D eigenvalue weighted by molar-refractivity contribution is 0.191. The van der Waals surface area contributed by atoms with E-state index in [1.165, 1.54) is 26.6 Å². The predicted octanol–water partition coefficient (Wildman–Crippen LogP) is 6.44. The summed E-state index contributed by atoms with van der Waals surface area (Å²) in [6.07, 6.45) is 4.63. The van der Waals surface area contributed by atoms with Crippen molar-refractivity contribution in [2.75, 3.05) is 23.3 Å². The zero-order valence-corrected chi connectivity index (χ0v) is 27.3. The van der Waals surface area contributed by atoms with Crippen molar-refractivity contribution in [2.24, 2.45) is 5.41 Å². The number of nitrogens with one attached hydrogen (secondary N) is 1. The minimum Gasteiger partial charge on any atom is -0.465 e. The van der Waals surface area contributed by atoms with Gasteiger partial charge in [-0.1, -0.05) is 52.9 Å². The molecule has 1 amide bonds. The first kappa shape index (κ1) is 30.8. The van der Waals surface area contributed by atoms with Crippen LogP contribution >= 0.6 is 23.1 Å². The minimum absolute atomic E-state index is 0.0687. The summed E-state index contributed by atoms with van der Waals surface area (Å²) >= 11 is 3.14. The van der Waals surface area contributed by atoms with Crippen LogP contribution in [-0.2, 0) is 27.6 Å². The lowest BCUT2D eigenvalue weighted by atomic mass is 9.84. The van der Waals surface area contributed by atoms with Crippen LogP contribution in [0.3, 0.4) is 0 Å². The monoisotopic (exact) mass is 633 g/mol. The van der Waals surface area contributed by atoms with Crippen LogP contribution in [0.5, 0.6) is 0 Å². The molecule has 5 rings (SSSR count). The third-order valence-corrected chi connectivity index (χ3v) is 11.7. The van der Waals surface area contributed by atoms with E-state index in [1.807, 2.05) is 27.0 Å². The molecule has 1 saturated heterocycles. The lowest BCUT2D eigenvalue weighted by Gasteiger charge is -2.33. The van der Waals surface area contributed by atoms with E-state index in [9.17, 15) is 18.3 Å². The van der Waals surface area contributed by atoms with Crippen molar-refractivity contribution in [2.45, 2.75) is 93.2 Å². The summed E-state index contributed by atoms with van der Waals surface area (Å²) in [6, 6.07) is 4.50. The Morgan fingerprint density at radius 2 is 1.95 bits per heavy atom. The fourth-order valence-corrected chi connectivity index (χ4v) is 8.75. The number of anilines is 2. The van der Waals surface area contributed by atoms with Crippen LogP contribution in [0.2, 0.25) is 0 Å². The van der Waals surface area contributed by atoms with Gasteiger partial charge in [-0.05, 0) is 48.4 Å². The normalized spacial score (nSPS) is 20.1. The first-order valence-corrected chi connectivity index (χ1v) is 17.3. The molecule has 228 valence electrons. The van der Waals surface area contributed by atoms with E-state index >= 15 is 0 Å². The Bertz CT molecular complexity index is 1550. The standard InChI is InChI=1S/C29H39N5O5S3/c1-28(2,3)22-13-18-12-20(9-10-21(18)34(22)27(35)36)42(37,38)33-11-7-8-19(16-33)32-26-31-15-25(41-26)40-17-24-30-14-23(39-24)29(4,5)6/h9-10,12,14-15,19,22H,7-8,11,13,16-17H2,1-6H3,(H,31,32)(H,35,36)/t19?,22-/m1/s1. The van der Waals surface area contributed by atoms with Gasteiger partial charge in [-0.3, -0.25) is 4.90 Å². The first-order valence-electron chi connectivity index (χ1n) is 14.1. The number of sulfonamides is 1. The van der Waals surface area contributed by atoms with Crippen molar-refractivity contribution < 1.29 is 22.7 Å². The van der Waals surface area contributed by atoms with Gasteiger partial charge in [0.1, 0.15) is 5.76 Å². The van der Waals surface area contributed by atoms with Gasteiger partial charge in [-0.2, -0.15) is 4.31 Å². The molecule has 1 unspecified atom stereocenters. The maximum Gasteiger partial charge on any atom is 0.412 e. The Kier molecular flexibility index (Phi) is 8.42. The zero-order chi connectivity index (χ0) is 30.4. The number of hydrogen-bond donors (Lipinski definition) is 2. The summed E-state index contributed by atoms with van der Waals surface area (Å²) in [5, 5.41) is 14.1. The fourth-order valence-electron chi connectivity index (χ4n) is 5.37. The molecule has 2 aromatic heterocycles. The van der Waals surface area contributed by atoms with Crippen molar-refractivity contribution in [3.63, 3.8) is 0 Å². The van der Waals surface area contributed by atoms with Crippen LogP contribution in [0.1, 0.15) is 71.6 Å². The van der Waals surface area contributed by atoms with Crippen LogP contribution in [0, 0.1) is 5.41 Å². The van der Waals surface area contributed by atoms with Crippen molar-refractivity contribution in [3.8, 4) is 0 Å². The Labute approximate surface area is 256 Å². The molecule has 42 heavy (non-hydrogen) atoms. The second-order valence-corrected chi connectivity index (χ2v) is 17.3. The first-order chi connectivity index (χ1) is 19.6. The molecule has 4 heterocycles. The van der Waals surface area contributed by atoms with Gasteiger partial charge in [0.05, 0.1) is 32.9 Å². The van der Waals surface area contributed by atoms with E-state index in [0.29, 0.717) is 36.8 Å². The molecular weight excluding hydrogens is 595 g/mol. The van der Waals surface area contributed by atoms with Crippen molar-refractivity contribution >= 4 is 50.0 Å². The number of nitrogens with zero attached hydrogens (tertiary/aromatic N) is 4. The number of rotatable bonds is 7. The molecule has 1 fully saturated rings. The number of amides is 1. The van der Waals surface area contributed by atoms with Gasteiger partial charge < -0.3 is 14.8 Å². The summed E-state index contributed by atoms with van der Waals surface area (Å²) in [7, 11) is -3.75. The number of fused-ring (bicyclic) bond motifs is 1. The Morgan fingerprint density at radius 1 is 1.19 bits per heavy atom. The quantitative estimate of drug-likeness (QED) is 0.282. The smallest absolute Gasteiger partial charge is 0.412 e. The Morgan fingerprint density at radius 3 is 2.62 bits per heavy atom. The van der Waals surface area contributed by atoms with Gasteiger partial charge in [0.25, 0.3) is 0 Å². The molecular formula is C29H39N5O5S3. The molecule has 2 atom stereocenters. The van der Waals surface area contributed by atoms with E-state index < -0.39 is 16.1 Å². The predicted molar refractivity (Wildman–Crippen MR) is 166 cm³/mol. The van der Waals surface area contributed by atoms with Gasteiger partial charge in [0.2, 0.25) is 15.9 Å². The average Bonchev–Trinajstić information content (AvgIpc) is 3.65. The molecule has 2 N–H and O–H groups in total. The summed E-state index contributed by atoms with van der Waals surface area (Å²) < 4.78 is 35.8. The summed E-state index contributed by atoms with van der Waals surface area (Å²) in [5.41, 5.74) is 0.935. The maximum absolute atomic E-state index is 13.7. The van der Waals surface area contributed by atoms with Gasteiger partial charge >= 0.3 is 6.09 Å². The van der Waals surface area contributed by atoms with Crippen LogP contribution < -0.4 is 10.2 Å². The number of thioether (sulfide) groups is 1. The van der Waals surface area contributed by atoms with E-state index in [-0.39, 0.29) is 27.8 Å². The third-order valence-electron chi connectivity index (χ3n) is 7.71. The SMILES string of the molecule is CC(C)(C)c1cnc(CSc2cnc(NC3CCCN(S(=O)(=O)c4ccc5c(c4)C[C@H](C(C)(C)C)N5C(=O)O)C3)s2)o1. The second-order valence-electron chi connectivity index (χ2n) is 13.0. The highest BCUT2D eigenvalue weighted by Gasteiger charge is 2.41. The Hall–Kier alpha value is -2.61. The van der Waals surface area contributed by atoms with Crippen LogP contribution in [-0.4, -0.2) is 59.1 Å². The highest BCUT2D eigenvalue weighted by atomic mass is 32.2. The molecule has 13 heteroatoms. The van der Waals surface area contributed by atoms with Crippen LogP contribution in [0.4, 0.5) is 15.6 Å². The van der Waals surface area contributed by atoms with Crippen molar-refractivity contribution in [1.29, 1.82) is 0 Å². The minimum atomic E-state index is -3.75. The maximum atomic E-state index is 13.7. The van der Waals surface area contributed by atoms with Crippen LogP contribution in [0.15, 0.2) is 44.1 Å². The molecule has 2 aliphatic rings. The number of carbonyl (C=O) groups is 1. The third kappa shape index (κ3) is 6.48. The van der Waals surface area contributed by atoms with Gasteiger partial charge in [-0.25, -0.2) is 23.2 Å². The van der Waals surface area contributed by atoms with Crippen LogP contribution in [0.25, 0.3) is 0 Å². The molecule has 10 nitrogen and oxygen atoms in total. The van der Waals surface area contributed by atoms with E-state index in [4.69, 9.17) is 4.42 Å². The number of hydrogen-bond acceptors (Lipinski definition) is 9. The molecule has 0 spiro atoms. The van der Waals surface area contributed by atoms with Gasteiger partial charge in [0.15, 0.2) is 5.13 Å². The lowest BCUT2D eigenvalue weighted by Crippen LogP contribution is -2.45. The largest absolute Gasteiger partial charge is 0.465 e. The summed E-state index contributed by atoms with van der Waals surface area (Å²) in [4.78, 5) is 22.5.